The number of aromatic nitrogens is 4. The fourth-order valence-electron chi connectivity index (χ4n) is 6.50. The van der Waals surface area contributed by atoms with Gasteiger partial charge >= 0.3 is 7.91 Å². The van der Waals surface area contributed by atoms with Gasteiger partial charge < -0.3 is 24.3 Å². The number of amides is 1. The molecular formula is C38H35FN5O8P. The molecule has 1 unspecified atom stereocenters. The second-order valence-electron chi connectivity index (χ2n) is 12.1. The summed E-state index contributed by atoms with van der Waals surface area (Å²) in [7, 11) is -2.32. The van der Waals surface area contributed by atoms with Crippen LogP contribution in [0, 0.1) is 0 Å². The van der Waals surface area contributed by atoms with Crippen LogP contribution in [0.3, 0.4) is 0 Å². The second-order valence-corrected chi connectivity index (χ2v) is 13.3. The Kier molecular flexibility index (Phi) is 10.3. The van der Waals surface area contributed by atoms with Gasteiger partial charge in [-0.25, -0.2) is 19.5 Å². The Hall–Kier alpha value is -5.50. The van der Waals surface area contributed by atoms with Crippen molar-refractivity contribution in [3.8, 4) is 11.5 Å². The number of nitrogens with one attached hydrogen (secondary N) is 1. The Morgan fingerprint density at radius 1 is 0.887 bits per heavy atom. The van der Waals surface area contributed by atoms with Gasteiger partial charge in [0.1, 0.15) is 41.9 Å². The van der Waals surface area contributed by atoms with Gasteiger partial charge in [0.25, 0.3) is 5.91 Å². The summed E-state index contributed by atoms with van der Waals surface area (Å²) in [6.45, 7) is -0.214. The molecule has 272 valence electrons. The first-order valence-corrected chi connectivity index (χ1v) is 18.0. The maximum atomic E-state index is 14.4. The molecule has 3 heterocycles. The number of benzene rings is 4. The van der Waals surface area contributed by atoms with E-state index in [0.29, 0.717) is 22.7 Å². The van der Waals surface area contributed by atoms with Crippen LogP contribution in [0.15, 0.2) is 122 Å². The van der Waals surface area contributed by atoms with Gasteiger partial charge in [0.2, 0.25) is 0 Å². The zero-order chi connectivity index (χ0) is 37.0. The number of hydrogen-bond acceptors (Lipinski definition) is 10. The minimum Gasteiger partial charge on any atom is -0.497 e. The summed E-state index contributed by atoms with van der Waals surface area (Å²) >= 11 is 0. The van der Waals surface area contributed by atoms with Crippen LogP contribution in [0.4, 0.5) is 10.0 Å². The number of rotatable bonds is 13. The van der Waals surface area contributed by atoms with Crippen LogP contribution in [0.2, 0.25) is 0 Å². The lowest BCUT2D eigenvalue weighted by Gasteiger charge is -2.37. The highest BCUT2D eigenvalue weighted by molar-refractivity contribution is 7.46. The Bertz CT molecular complexity index is 2170. The number of nitrogens with zero attached hydrogens (tertiary/aromatic N) is 4. The van der Waals surface area contributed by atoms with E-state index >= 15 is 0 Å². The van der Waals surface area contributed by atoms with Gasteiger partial charge in [-0.15, -0.1) is 4.20 Å². The van der Waals surface area contributed by atoms with Crippen LogP contribution in [-0.2, 0) is 24.2 Å². The molecule has 13 nitrogen and oxygen atoms in total. The van der Waals surface area contributed by atoms with E-state index in [0.717, 1.165) is 16.7 Å². The third kappa shape index (κ3) is 7.54. The molecular weight excluding hydrogens is 704 g/mol. The van der Waals surface area contributed by atoms with Gasteiger partial charge in [-0.1, -0.05) is 72.8 Å². The molecule has 4 atom stereocenters. The highest BCUT2D eigenvalue weighted by Gasteiger charge is 2.45. The van der Waals surface area contributed by atoms with Gasteiger partial charge in [-0.2, -0.15) is 0 Å². The summed E-state index contributed by atoms with van der Waals surface area (Å²) in [5, 5.41) is 2.77. The molecule has 4 aromatic carbocycles. The van der Waals surface area contributed by atoms with Crippen molar-refractivity contribution in [1.82, 2.24) is 19.5 Å². The van der Waals surface area contributed by atoms with E-state index < -0.39 is 31.9 Å². The molecule has 6 aromatic rings. The van der Waals surface area contributed by atoms with Crippen molar-refractivity contribution in [2.24, 2.45) is 0 Å². The smallest absolute Gasteiger partial charge is 0.497 e. The van der Waals surface area contributed by atoms with Crippen LogP contribution >= 0.6 is 7.91 Å². The molecule has 1 aliphatic heterocycles. The molecule has 0 radical (unpaired) electrons. The first-order valence-electron chi connectivity index (χ1n) is 16.6. The third-order valence-corrected chi connectivity index (χ3v) is 9.55. The van der Waals surface area contributed by atoms with Crippen molar-refractivity contribution in [3.05, 3.63) is 144 Å². The van der Waals surface area contributed by atoms with E-state index in [4.69, 9.17) is 23.5 Å². The van der Waals surface area contributed by atoms with Crippen LogP contribution in [-0.4, -0.2) is 63.4 Å². The molecule has 7 rings (SSSR count). The number of carbonyl (C=O) groups excluding carboxylic acids is 1. The molecule has 1 saturated heterocycles. The zero-order valence-electron chi connectivity index (χ0n) is 28.6. The molecule has 0 spiro atoms. The topological polar surface area (TPSA) is 156 Å². The molecule has 0 saturated carbocycles. The SMILES string of the molecule is COc1ccc(C(OC[C@H]2O[C@@H](n3cnc4c(NC(=O)c5ccccc5)ncnc43)C[C@@H]2OP(=O)(O)F)(c2ccccc2)c2ccc(OC)cc2)cc1. The molecule has 53 heavy (non-hydrogen) atoms. The standard InChI is InChI=1S/C38H35FN5O8P/c1-48-29-17-13-27(14-18-29)38(26-11-7-4-8-12-26,28-15-19-30(49-2)20-16-28)50-22-32-31(52-53(39,46)47)21-33(51-32)44-24-42-34-35(40-23-41-36(34)44)43-37(45)25-9-5-3-6-10-25/h3-20,23-24,31-33H,21-22H2,1-2H3,(H,46,47)(H,40,41,43,45)/t31-,32+,33+/m0/s1. The Labute approximate surface area is 304 Å². The second kappa shape index (κ2) is 15.2. The van der Waals surface area contributed by atoms with E-state index in [1.807, 2.05) is 78.9 Å². The monoisotopic (exact) mass is 739 g/mol. The lowest BCUT2D eigenvalue weighted by molar-refractivity contribution is -0.0915. The van der Waals surface area contributed by atoms with Gasteiger partial charge in [-0.3, -0.25) is 18.8 Å². The maximum absolute atomic E-state index is 14.4. The van der Waals surface area contributed by atoms with E-state index in [2.05, 4.69) is 20.3 Å². The first kappa shape index (κ1) is 35.9. The highest BCUT2D eigenvalue weighted by atomic mass is 31.2. The van der Waals surface area contributed by atoms with E-state index in [1.165, 1.54) is 12.7 Å². The molecule has 1 amide bonds. The van der Waals surface area contributed by atoms with Crippen molar-refractivity contribution in [2.75, 3.05) is 26.1 Å². The summed E-state index contributed by atoms with van der Waals surface area (Å²) in [4.78, 5) is 35.7. The normalized spacial score (nSPS) is 18.4. The van der Waals surface area contributed by atoms with Gasteiger partial charge in [0.15, 0.2) is 17.0 Å². The molecule has 1 aliphatic rings. The van der Waals surface area contributed by atoms with Crippen molar-refractivity contribution in [1.29, 1.82) is 0 Å². The van der Waals surface area contributed by atoms with E-state index in [9.17, 15) is 18.4 Å². The quantitative estimate of drug-likeness (QED) is 0.0944. The highest BCUT2D eigenvalue weighted by Crippen LogP contribution is 2.49. The van der Waals surface area contributed by atoms with Crippen molar-refractivity contribution in [2.45, 2.75) is 30.5 Å². The van der Waals surface area contributed by atoms with Crippen LogP contribution in [0.25, 0.3) is 11.2 Å². The number of ether oxygens (including phenoxy) is 4. The fourth-order valence-corrected chi connectivity index (χ4v) is 7.06. The van der Waals surface area contributed by atoms with E-state index in [1.54, 1.807) is 49.1 Å². The number of fused-ring (bicyclic) bond motifs is 1. The van der Waals surface area contributed by atoms with Crippen molar-refractivity contribution < 1.29 is 41.9 Å². The number of halogens is 1. The summed E-state index contributed by atoms with van der Waals surface area (Å²) < 4.78 is 57.3. The molecule has 0 aliphatic carbocycles. The van der Waals surface area contributed by atoms with Crippen LogP contribution < -0.4 is 14.8 Å². The number of methoxy groups -OCH3 is 2. The van der Waals surface area contributed by atoms with Gasteiger partial charge in [0, 0.05) is 12.0 Å². The van der Waals surface area contributed by atoms with Crippen molar-refractivity contribution >= 4 is 30.8 Å². The molecule has 15 heteroatoms. The lowest BCUT2D eigenvalue weighted by atomic mass is 9.80. The first-order chi connectivity index (χ1) is 25.7. The summed E-state index contributed by atoms with van der Waals surface area (Å²) in [5.74, 6) is 1.06. The van der Waals surface area contributed by atoms with Crippen molar-refractivity contribution in [3.63, 3.8) is 0 Å². The minimum atomic E-state index is -5.47. The number of imidazole rings is 1. The minimum absolute atomic E-state index is 0.0624. The molecule has 1 fully saturated rings. The Balaban J connectivity index is 1.23. The Morgan fingerprint density at radius 3 is 2.06 bits per heavy atom. The number of anilines is 1. The summed E-state index contributed by atoms with van der Waals surface area (Å²) in [6.07, 6.45) is -0.505. The van der Waals surface area contributed by atoms with E-state index in [-0.39, 0.29) is 30.3 Å². The van der Waals surface area contributed by atoms with Crippen LogP contribution in [0.5, 0.6) is 11.5 Å². The summed E-state index contributed by atoms with van der Waals surface area (Å²) in [5.41, 5.74) is 1.99. The summed E-state index contributed by atoms with van der Waals surface area (Å²) in [6, 6.07) is 33.0. The predicted octanol–water partition coefficient (Wildman–Crippen LogP) is 6.85. The Morgan fingerprint density at radius 2 is 1.47 bits per heavy atom. The zero-order valence-corrected chi connectivity index (χ0v) is 29.5. The molecule has 0 bridgehead atoms. The van der Waals surface area contributed by atoms with Gasteiger partial charge in [0.05, 0.1) is 27.2 Å². The van der Waals surface area contributed by atoms with Crippen LogP contribution in [0.1, 0.15) is 39.7 Å². The predicted molar refractivity (Wildman–Crippen MR) is 192 cm³/mol. The number of carbonyl (C=O) groups is 1. The lowest BCUT2D eigenvalue weighted by Crippen LogP contribution is -2.38. The fraction of sp³-hybridized carbons (Fsp3) is 0.211. The van der Waals surface area contributed by atoms with Gasteiger partial charge in [-0.05, 0) is 53.1 Å². The molecule has 2 N–H and O–H groups in total. The maximum Gasteiger partial charge on any atom is 0.510 e. The average Bonchev–Trinajstić information content (AvgIpc) is 3.80. The molecule has 2 aromatic heterocycles. The third-order valence-electron chi connectivity index (χ3n) is 9.02. The number of hydrogen-bond donors (Lipinski definition) is 2. The largest absolute Gasteiger partial charge is 0.510 e. The average molecular weight is 740 g/mol.